The molecule has 0 spiro atoms. The second-order valence-corrected chi connectivity index (χ2v) is 9.14. The summed E-state index contributed by atoms with van der Waals surface area (Å²) >= 11 is 4.38. The number of thioether (sulfide) groups is 2. The molecule has 1 aromatic heterocycles. The number of hydrogen-bond donors (Lipinski definition) is 2. The normalized spacial score (nSPS) is 11.9. The van der Waals surface area contributed by atoms with Gasteiger partial charge in [0.05, 0.1) is 4.21 Å². The average Bonchev–Trinajstić information content (AvgIpc) is 3.07. The van der Waals surface area contributed by atoms with Gasteiger partial charge in [-0.3, -0.25) is 14.0 Å². The van der Waals surface area contributed by atoms with Crippen molar-refractivity contribution in [2.75, 3.05) is 6.26 Å². The highest BCUT2D eigenvalue weighted by Gasteiger charge is 2.21. The van der Waals surface area contributed by atoms with Crippen LogP contribution in [0, 0.1) is 0 Å². The molecule has 0 fully saturated rings. The third kappa shape index (κ3) is 4.86. The molecule has 0 aliphatic carbocycles. The number of rotatable bonds is 7. The van der Waals surface area contributed by atoms with Gasteiger partial charge in [0.15, 0.2) is 0 Å². The molecule has 7 heteroatoms. The number of aromatic nitrogens is 1. The Morgan fingerprint density at radius 2 is 1.85 bits per heavy atom. The Bertz CT molecular complexity index is 967. The van der Waals surface area contributed by atoms with Crippen molar-refractivity contribution in [3.8, 4) is 0 Å². The highest BCUT2D eigenvalue weighted by molar-refractivity contribution is 8.01. The van der Waals surface area contributed by atoms with E-state index in [0.29, 0.717) is 10.8 Å². The number of hydrogen-bond acceptors (Lipinski definition) is 5. The molecule has 0 aliphatic heterocycles. The van der Waals surface area contributed by atoms with Crippen LogP contribution >= 0.6 is 35.1 Å². The lowest BCUT2D eigenvalue weighted by atomic mass is 10.2. The van der Waals surface area contributed by atoms with Gasteiger partial charge in [-0.25, -0.2) is 0 Å². The molecule has 27 heavy (non-hydrogen) atoms. The highest BCUT2D eigenvalue weighted by atomic mass is 32.2. The smallest absolute Gasteiger partial charge is 0.272 e. The summed E-state index contributed by atoms with van der Waals surface area (Å²) < 4.78 is 3.41. The molecular formula is C20H20N2O2S3. The molecule has 1 amide bonds. The molecule has 1 atom stereocenters. The first-order valence-corrected chi connectivity index (χ1v) is 11.4. The summed E-state index contributed by atoms with van der Waals surface area (Å²) in [5, 5.41) is 3.03. The SMILES string of the molecule is CSc1ccccc1CNC(=O)c1c(S[C@H](C)c2ccccc2)s[nH]c1=O. The van der Waals surface area contributed by atoms with Crippen LogP contribution in [0.3, 0.4) is 0 Å². The van der Waals surface area contributed by atoms with Gasteiger partial charge in [-0.1, -0.05) is 60.1 Å². The molecule has 3 aromatic rings. The molecule has 3 rings (SSSR count). The maximum atomic E-state index is 12.7. The van der Waals surface area contributed by atoms with E-state index in [1.165, 1.54) is 23.3 Å². The Labute approximate surface area is 170 Å². The Morgan fingerprint density at radius 1 is 1.15 bits per heavy atom. The maximum absolute atomic E-state index is 12.7. The van der Waals surface area contributed by atoms with E-state index in [2.05, 4.69) is 16.6 Å². The maximum Gasteiger partial charge on any atom is 0.272 e. The predicted octanol–water partition coefficient (Wildman–Crippen LogP) is 4.94. The van der Waals surface area contributed by atoms with Crippen molar-refractivity contribution in [2.45, 2.75) is 27.8 Å². The third-order valence-electron chi connectivity index (χ3n) is 4.08. The van der Waals surface area contributed by atoms with Gasteiger partial charge in [0.25, 0.3) is 11.5 Å². The molecular weight excluding hydrogens is 396 g/mol. The number of benzene rings is 2. The quantitative estimate of drug-likeness (QED) is 0.536. The van der Waals surface area contributed by atoms with Crippen LogP contribution in [0.2, 0.25) is 0 Å². The van der Waals surface area contributed by atoms with E-state index in [1.807, 2.05) is 60.9 Å². The zero-order valence-electron chi connectivity index (χ0n) is 15.0. The van der Waals surface area contributed by atoms with Crippen LogP contribution in [0.15, 0.2) is 68.5 Å². The largest absolute Gasteiger partial charge is 0.348 e. The van der Waals surface area contributed by atoms with Crippen LogP contribution in [0.25, 0.3) is 0 Å². The van der Waals surface area contributed by atoms with Gasteiger partial charge in [-0.05, 0) is 30.4 Å². The molecule has 0 aliphatic rings. The Morgan fingerprint density at radius 3 is 2.59 bits per heavy atom. The lowest BCUT2D eigenvalue weighted by Gasteiger charge is -2.11. The van der Waals surface area contributed by atoms with Crippen molar-refractivity contribution in [1.29, 1.82) is 0 Å². The lowest BCUT2D eigenvalue weighted by molar-refractivity contribution is 0.0947. The number of carbonyl (C=O) groups is 1. The van der Waals surface area contributed by atoms with E-state index in [-0.39, 0.29) is 22.3 Å². The summed E-state index contributed by atoms with van der Waals surface area (Å²) in [5.74, 6) is -0.337. The minimum Gasteiger partial charge on any atom is -0.348 e. The minimum atomic E-state index is -0.337. The molecule has 0 unspecified atom stereocenters. The summed E-state index contributed by atoms with van der Waals surface area (Å²) in [4.78, 5) is 26.0. The second-order valence-electron chi connectivity index (χ2n) is 5.86. The highest BCUT2D eigenvalue weighted by Crippen LogP contribution is 2.37. The minimum absolute atomic E-state index is 0.140. The number of aromatic amines is 1. The molecule has 0 saturated heterocycles. The molecule has 0 bridgehead atoms. The Balaban J connectivity index is 1.74. The third-order valence-corrected chi connectivity index (χ3v) is 7.18. The van der Waals surface area contributed by atoms with Crippen LogP contribution in [-0.4, -0.2) is 16.5 Å². The first-order chi connectivity index (χ1) is 13.1. The van der Waals surface area contributed by atoms with Gasteiger partial charge in [0.2, 0.25) is 0 Å². The van der Waals surface area contributed by atoms with E-state index >= 15 is 0 Å². The summed E-state index contributed by atoms with van der Waals surface area (Å²) in [6.07, 6.45) is 2.00. The van der Waals surface area contributed by atoms with Gasteiger partial charge < -0.3 is 5.32 Å². The van der Waals surface area contributed by atoms with E-state index in [4.69, 9.17) is 0 Å². The second kappa shape index (κ2) is 9.30. The van der Waals surface area contributed by atoms with Crippen molar-refractivity contribution in [1.82, 2.24) is 9.69 Å². The van der Waals surface area contributed by atoms with Gasteiger partial charge in [-0.2, -0.15) is 0 Å². The fourth-order valence-electron chi connectivity index (χ4n) is 2.63. The molecule has 1 heterocycles. The van der Waals surface area contributed by atoms with Crippen molar-refractivity contribution >= 4 is 41.0 Å². The van der Waals surface area contributed by atoms with Gasteiger partial charge in [-0.15, -0.1) is 23.5 Å². The standard InChI is InChI=1S/C20H20N2O2S3/c1-13(14-8-4-3-5-9-14)26-20-17(19(24)22-27-20)18(23)21-12-15-10-6-7-11-16(15)25-2/h3-11,13H,12H2,1-2H3,(H,21,23)(H,22,24)/t13-/m1/s1. The van der Waals surface area contributed by atoms with Gasteiger partial charge in [0, 0.05) is 16.7 Å². The number of nitrogens with one attached hydrogen (secondary N) is 2. The molecule has 0 saturated carbocycles. The van der Waals surface area contributed by atoms with Gasteiger partial charge in [0.1, 0.15) is 5.56 Å². The van der Waals surface area contributed by atoms with Crippen LogP contribution in [0.1, 0.15) is 33.7 Å². The lowest BCUT2D eigenvalue weighted by Crippen LogP contribution is -2.27. The van der Waals surface area contributed by atoms with Crippen molar-refractivity contribution in [3.63, 3.8) is 0 Å². The number of amides is 1. The molecule has 2 aromatic carbocycles. The molecule has 0 radical (unpaired) electrons. The van der Waals surface area contributed by atoms with Crippen LogP contribution < -0.4 is 10.9 Å². The van der Waals surface area contributed by atoms with Crippen molar-refractivity contribution in [2.24, 2.45) is 0 Å². The fraction of sp³-hybridized carbons (Fsp3) is 0.200. The van der Waals surface area contributed by atoms with Crippen LogP contribution in [0.4, 0.5) is 0 Å². The number of H-pyrrole nitrogens is 1. The van der Waals surface area contributed by atoms with E-state index < -0.39 is 0 Å². The molecule has 140 valence electrons. The average molecular weight is 417 g/mol. The Hall–Kier alpha value is -1.96. The Kier molecular flexibility index (Phi) is 6.82. The summed E-state index contributed by atoms with van der Waals surface area (Å²) in [7, 11) is 0. The zero-order valence-corrected chi connectivity index (χ0v) is 17.5. The summed E-state index contributed by atoms with van der Waals surface area (Å²) in [6.45, 7) is 2.46. The van der Waals surface area contributed by atoms with Crippen molar-refractivity contribution < 1.29 is 4.79 Å². The monoisotopic (exact) mass is 416 g/mol. The van der Waals surface area contributed by atoms with Crippen molar-refractivity contribution in [3.05, 3.63) is 81.6 Å². The zero-order chi connectivity index (χ0) is 19.2. The van der Waals surface area contributed by atoms with Crippen LogP contribution in [0.5, 0.6) is 0 Å². The number of carbonyl (C=O) groups excluding carboxylic acids is 1. The molecule has 4 nitrogen and oxygen atoms in total. The summed E-state index contributed by atoms with van der Waals surface area (Å²) in [6, 6.07) is 18.0. The fourth-order valence-corrected chi connectivity index (χ4v) is 5.49. The van der Waals surface area contributed by atoms with E-state index in [9.17, 15) is 9.59 Å². The van der Waals surface area contributed by atoms with E-state index in [0.717, 1.165) is 16.0 Å². The molecule has 2 N–H and O–H groups in total. The summed E-state index contributed by atoms with van der Waals surface area (Å²) in [5.41, 5.74) is 2.06. The van der Waals surface area contributed by atoms with E-state index in [1.54, 1.807) is 11.8 Å². The predicted molar refractivity (Wildman–Crippen MR) is 115 cm³/mol. The van der Waals surface area contributed by atoms with Gasteiger partial charge >= 0.3 is 0 Å². The topological polar surface area (TPSA) is 62.0 Å². The first-order valence-electron chi connectivity index (χ1n) is 8.43. The van der Waals surface area contributed by atoms with Crippen LogP contribution in [-0.2, 0) is 6.54 Å². The first kappa shape index (κ1) is 19.8.